The molecule has 2 rings (SSSR count). The number of halogens is 2. The largest absolute Gasteiger partial charge is 0.311 e. The molecular weight excluding hydrogens is 281 g/mol. The maximum absolute atomic E-state index is 6.05. The van der Waals surface area contributed by atoms with Crippen LogP contribution in [0.1, 0.15) is 23.0 Å². The Bertz CT molecular complexity index is 578. The lowest BCUT2D eigenvalue weighted by Gasteiger charge is -2.17. The van der Waals surface area contributed by atoms with Gasteiger partial charge in [-0.25, -0.2) is 0 Å². The zero-order valence-electron chi connectivity index (χ0n) is 11.2. The first-order valence-electron chi connectivity index (χ1n) is 6.13. The quantitative estimate of drug-likeness (QED) is 0.935. The van der Waals surface area contributed by atoms with Crippen molar-refractivity contribution in [2.45, 2.75) is 19.4 Å². The minimum absolute atomic E-state index is 0.198. The lowest BCUT2D eigenvalue weighted by atomic mass is 10.0. The molecule has 5 heteroatoms. The van der Waals surface area contributed by atoms with Crippen molar-refractivity contribution in [1.29, 1.82) is 0 Å². The van der Waals surface area contributed by atoms with Gasteiger partial charge in [-0.15, -0.1) is 0 Å². The molecule has 0 bridgehead atoms. The van der Waals surface area contributed by atoms with Crippen molar-refractivity contribution >= 4 is 23.2 Å². The van der Waals surface area contributed by atoms with Gasteiger partial charge < -0.3 is 5.32 Å². The molecular formula is C14H17Cl2N3. The molecule has 0 spiro atoms. The molecule has 0 amide bonds. The Morgan fingerprint density at radius 3 is 2.53 bits per heavy atom. The maximum atomic E-state index is 6.05. The summed E-state index contributed by atoms with van der Waals surface area (Å²) in [5.41, 5.74) is 3.32. The van der Waals surface area contributed by atoms with Gasteiger partial charge in [-0.05, 0) is 44.2 Å². The fraction of sp³-hybridized carbons (Fsp3) is 0.357. The minimum Gasteiger partial charge on any atom is -0.311 e. The van der Waals surface area contributed by atoms with E-state index in [-0.39, 0.29) is 6.04 Å². The van der Waals surface area contributed by atoms with Gasteiger partial charge in [-0.2, -0.15) is 5.10 Å². The van der Waals surface area contributed by atoms with Crippen molar-refractivity contribution in [1.82, 2.24) is 15.1 Å². The van der Waals surface area contributed by atoms with Gasteiger partial charge in [0, 0.05) is 7.05 Å². The van der Waals surface area contributed by atoms with Crippen LogP contribution < -0.4 is 5.32 Å². The van der Waals surface area contributed by atoms with Gasteiger partial charge in [0.15, 0.2) is 0 Å². The molecule has 0 radical (unpaired) electrons. The van der Waals surface area contributed by atoms with E-state index in [1.165, 1.54) is 0 Å². The predicted molar refractivity (Wildman–Crippen MR) is 79.9 cm³/mol. The van der Waals surface area contributed by atoms with E-state index in [0.717, 1.165) is 23.4 Å². The fourth-order valence-electron chi connectivity index (χ4n) is 2.21. The van der Waals surface area contributed by atoms with E-state index >= 15 is 0 Å². The van der Waals surface area contributed by atoms with Crippen LogP contribution >= 0.6 is 23.2 Å². The number of nitrogens with zero attached hydrogens (tertiary/aromatic N) is 2. The number of hydrogen-bond donors (Lipinski definition) is 1. The second-order valence-electron chi connectivity index (χ2n) is 4.63. The number of aromatic nitrogens is 2. The standard InChI is InChI=1S/C14H17Cl2N3/c1-9-6-14(19(3)18-9)13(17-2)8-10-4-5-11(15)12(16)7-10/h4-7,13,17H,8H2,1-3H3. The summed E-state index contributed by atoms with van der Waals surface area (Å²) in [5.74, 6) is 0. The molecule has 19 heavy (non-hydrogen) atoms. The van der Waals surface area contributed by atoms with E-state index in [2.05, 4.69) is 16.5 Å². The van der Waals surface area contributed by atoms with Crippen LogP contribution in [-0.4, -0.2) is 16.8 Å². The number of rotatable bonds is 4. The Hall–Kier alpha value is -1.03. The third-order valence-electron chi connectivity index (χ3n) is 3.17. The van der Waals surface area contributed by atoms with Crippen LogP contribution in [0.4, 0.5) is 0 Å². The van der Waals surface area contributed by atoms with Crippen molar-refractivity contribution in [2.24, 2.45) is 7.05 Å². The van der Waals surface area contributed by atoms with Gasteiger partial charge in [0.05, 0.1) is 27.5 Å². The van der Waals surface area contributed by atoms with Crippen LogP contribution in [-0.2, 0) is 13.5 Å². The SMILES string of the molecule is CNC(Cc1ccc(Cl)c(Cl)c1)c1cc(C)nn1C. The molecule has 3 nitrogen and oxygen atoms in total. The van der Waals surface area contributed by atoms with Crippen molar-refractivity contribution < 1.29 is 0 Å². The summed E-state index contributed by atoms with van der Waals surface area (Å²) in [7, 11) is 3.91. The fourth-order valence-corrected chi connectivity index (χ4v) is 2.53. The predicted octanol–water partition coefficient (Wildman–Crippen LogP) is 3.54. The third kappa shape index (κ3) is 3.30. The summed E-state index contributed by atoms with van der Waals surface area (Å²) >= 11 is 12.0. The lowest BCUT2D eigenvalue weighted by molar-refractivity contribution is 0.537. The van der Waals surface area contributed by atoms with Crippen LogP contribution in [0.2, 0.25) is 10.0 Å². The zero-order chi connectivity index (χ0) is 14.0. The van der Waals surface area contributed by atoms with Gasteiger partial charge >= 0.3 is 0 Å². The smallest absolute Gasteiger partial charge is 0.0597 e. The Kier molecular flexibility index (Phi) is 4.50. The summed E-state index contributed by atoms with van der Waals surface area (Å²) in [6.07, 6.45) is 0.840. The van der Waals surface area contributed by atoms with E-state index < -0.39 is 0 Å². The topological polar surface area (TPSA) is 29.9 Å². The van der Waals surface area contributed by atoms with E-state index in [1.807, 2.05) is 43.9 Å². The molecule has 0 saturated carbocycles. The first kappa shape index (κ1) is 14.4. The number of hydrogen-bond acceptors (Lipinski definition) is 2. The highest BCUT2D eigenvalue weighted by molar-refractivity contribution is 6.42. The van der Waals surface area contributed by atoms with Crippen LogP contribution in [0.5, 0.6) is 0 Å². The van der Waals surface area contributed by atoms with Gasteiger partial charge in [-0.3, -0.25) is 4.68 Å². The molecule has 0 aliphatic heterocycles. The summed E-state index contributed by atoms with van der Waals surface area (Å²) in [4.78, 5) is 0. The van der Waals surface area contributed by atoms with Crippen molar-refractivity contribution in [3.05, 3.63) is 51.3 Å². The summed E-state index contributed by atoms with van der Waals surface area (Å²) < 4.78 is 1.91. The molecule has 102 valence electrons. The molecule has 0 fully saturated rings. The highest BCUT2D eigenvalue weighted by Gasteiger charge is 2.15. The van der Waals surface area contributed by atoms with Crippen LogP contribution in [0.15, 0.2) is 24.3 Å². The molecule has 0 aliphatic rings. The van der Waals surface area contributed by atoms with Crippen LogP contribution in [0, 0.1) is 6.92 Å². The molecule has 1 aromatic carbocycles. The Balaban J connectivity index is 2.23. The summed E-state index contributed by atoms with van der Waals surface area (Å²) in [5, 5.41) is 8.88. The highest BCUT2D eigenvalue weighted by atomic mass is 35.5. The number of benzene rings is 1. The van der Waals surface area contributed by atoms with E-state index in [4.69, 9.17) is 23.2 Å². The van der Waals surface area contributed by atoms with Crippen molar-refractivity contribution in [2.75, 3.05) is 7.05 Å². The molecule has 2 aromatic rings. The monoisotopic (exact) mass is 297 g/mol. The number of aryl methyl sites for hydroxylation is 2. The molecule has 0 aliphatic carbocycles. The number of likely N-dealkylation sites (N-methyl/N-ethyl adjacent to an activating group) is 1. The van der Waals surface area contributed by atoms with Gasteiger partial charge in [0.2, 0.25) is 0 Å². The number of nitrogens with one attached hydrogen (secondary N) is 1. The van der Waals surface area contributed by atoms with Crippen LogP contribution in [0.25, 0.3) is 0 Å². The molecule has 1 N–H and O–H groups in total. The average molecular weight is 298 g/mol. The highest BCUT2D eigenvalue weighted by Crippen LogP contribution is 2.25. The first-order chi connectivity index (χ1) is 9.01. The van der Waals surface area contributed by atoms with Crippen molar-refractivity contribution in [3.8, 4) is 0 Å². The molecule has 1 atom stereocenters. The Morgan fingerprint density at radius 2 is 2.00 bits per heavy atom. The summed E-state index contributed by atoms with van der Waals surface area (Å²) in [6.45, 7) is 2.00. The zero-order valence-corrected chi connectivity index (χ0v) is 12.8. The molecule has 0 saturated heterocycles. The van der Waals surface area contributed by atoms with Crippen LogP contribution in [0.3, 0.4) is 0 Å². The average Bonchev–Trinajstić information content (AvgIpc) is 2.70. The normalized spacial score (nSPS) is 12.7. The van der Waals surface area contributed by atoms with E-state index in [1.54, 1.807) is 0 Å². The van der Waals surface area contributed by atoms with Gasteiger partial charge in [0.1, 0.15) is 0 Å². The third-order valence-corrected chi connectivity index (χ3v) is 3.91. The van der Waals surface area contributed by atoms with Gasteiger partial charge in [-0.1, -0.05) is 29.3 Å². The molecule has 1 unspecified atom stereocenters. The second kappa shape index (κ2) is 5.95. The second-order valence-corrected chi connectivity index (χ2v) is 5.44. The van der Waals surface area contributed by atoms with E-state index in [0.29, 0.717) is 10.0 Å². The summed E-state index contributed by atoms with van der Waals surface area (Å²) in [6, 6.07) is 8.04. The van der Waals surface area contributed by atoms with Gasteiger partial charge in [0.25, 0.3) is 0 Å². The van der Waals surface area contributed by atoms with E-state index in [9.17, 15) is 0 Å². The maximum Gasteiger partial charge on any atom is 0.0597 e. The lowest BCUT2D eigenvalue weighted by Crippen LogP contribution is -2.21. The Labute approximate surface area is 123 Å². The molecule has 1 aromatic heterocycles. The Morgan fingerprint density at radius 1 is 1.26 bits per heavy atom. The molecule has 1 heterocycles. The first-order valence-corrected chi connectivity index (χ1v) is 6.88. The minimum atomic E-state index is 0.198. The van der Waals surface area contributed by atoms with Crippen molar-refractivity contribution in [3.63, 3.8) is 0 Å².